The van der Waals surface area contributed by atoms with E-state index in [4.69, 9.17) is 5.53 Å². The zero-order valence-corrected chi connectivity index (χ0v) is 12.8. The zero-order valence-electron chi connectivity index (χ0n) is 12.0. The van der Waals surface area contributed by atoms with E-state index in [0.29, 0.717) is 17.7 Å². The van der Waals surface area contributed by atoms with Crippen LogP contribution in [0.2, 0.25) is 0 Å². The first-order chi connectivity index (χ1) is 11.1. The largest absolute Gasteiger partial charge is 0.755 e. The lowest BCUT2D eigenvalue weighted by Gasteiger charge is -2.09. The van der Waals surface area contributed by atoms with Gasteiger partial charge in [0.2, 0.25) is 5.91 Å². The molecule has 1 atom stereocenters. The van der Waals surface area contributed by atoms with Gasteiger partial charge >= 0.3 is 0 Å². The Hall–Kier alpha value is -2.67. The Bertz CT molecular complexity index is 771. The van der Waals surface area contributed by atoms with Crippen LogP contribution in [0.5, 0.6) is 0 Å². The van der Waals surface area contributed by atoms with E-state index in [-0.39, 0.29) is 0 Å². The summed E-state index contributed by atoms with van der Waals surface area (Å²) >= 11 is -2.33. The second-order valence-electron chi connectivity index (χ2n) is 4.73. The molecule has 118 valence electrons. The smallest absolute Gasteiger partial charge is 0.249 e. The lowest BCUT2D eigenvalue weighted by atomic mass is 10.0. The van der Waals surface area contributed by atoms with E-state index in [0.717, 1.165) is 17.5 Å². The van der Waals surface area contributed by atoms with Crippen molar-refractivity contribution in [1.82, 2.24) is 0 Å². The molecule has 2 aromatic carbocycles. The van der Waals surface area contributed by atoms with Crippen LogP contribution in [0.4, 0.5) is 5.69 Å². The Labute approximate surface area is 135 Å². The SMILES string of the molecule is [N-]=[N+]=NC(=O)c1cccc(CCc2ccc(NS(=O)[O-])cc2)c1. The molecule has 0 heterocycles. The molecule has 0 aliphatic carbocycles. The Kier molecular flexibility index (Phi) is 5.87. The Morgan fingerprint density at radius 3 is 2.52 bits per heavy atom. The number of aryl methyl sites for hydroxylation is 2. The third-order valence-electron chi connectivity index (χ3n) is 3.17. The predicted molar refractivity (Wildman–Crippen MR) is 86.3 cm³/mol. The number of amides is 1. The molecule has 0 spiro atoms. The number of nitrogens with one attached hydrogen (secondary N) is 1. The Morgan fingerprint density at radius 2 is 1.87 bits per heavy atom. The molecular weight excluding hydrogens is 316 g/mol. The molecule has 0 aromatic heterocycles. The van der Waals surface area contributed by atoms with Gasteiger partial charge in [-0.05, 0) is 52.8 Å². The summed E-state index contributed by atoms with van der Waals surface area (Å²) < 4.78 is 23.3. The van der Waals surface area contributed by atoms with Gasteiger partial charge in [0, 0.05) is 27.4 Å². The van der Waals surface area contributed by atoms with Gasteiger partial charge < -0.3 is 9.27 Å². The van der Waals surface area contributed by atoms with Crippen LogP contribution in [0, 0.1) is 0 Å². The second-order valence-corrected chi connectivity index (χ2v) is 5.40. The van der Waals surface area contributed by atoms with E-state index < -0.39 is 17.2 Å². The first-order valence-electron chi connectivity index (χ1n) is 6.72. The van der Waals surface area contributed by atoms with E-state index in [1.807, 2.05) is 18.2 Å². The van der Waals surface area contributed by atoms with Gasteiger partial charge in [0.25, 0.3) is 0 Å². The van der Waals surface area contributed by atoms with Crippen LogP contribution in [-0.2, 0) is 24.1 Å². The zero-order chi connectivity index (χ0) is 16.7. The van der Waals surface area contributed by atoms with Gasteiger partial charge in [-0.25, -0.2) is 0 Å². The third kappa shape index (κ3) is 5.23. The molecule has 8 heteroatoms. The summed E-state index contributed by atoms with van der Waals surface area (Å²) in [6.07, 6.45) is 1.44. The second kappa shape index (κ2) is 8.09. The number of benzene rings is 2. The highest BCUT2D eigenvalue weighted by Gasteiger charge is 2.04. The van der Waals surface area contributed by atoms with E-state index in [1.165, 1.54) is 0 Å². The normalized spacial score (nSPS) is 11.3. The minimum atomic E-state index is -2.33. The van der Waals surface area contributed by atoms with Crippen molar-refractivity contribution in [1.29, 1.82) is 0 Å². The van der Waals surface area contributed by atoms with Crippen LogP contribution in [0.1, 0.15) is 21.5 Å². The van der Waals surface area contributed by atoms with E-state index in [1.54, 1.807) is 30.3 Å². The van der Waals surface area contributed by atoms with Crippen molar-refractivity contribution in [3.8, 4) is 0 Å². The summed E-state index contributed by atoms with van der Waals surface area (Å²) in [5.41, 5.74) is 11.1. The molecule has 1 amide bonds. The summed E-state index contributed by atoms with van der Waals surface area (Å²) in [5, 5.41) is 3.07. The van der Waals surface area contributed by atoms with E-state index in [9.17, 15) is 13.6 Å². The van der Waals surface area contributed by atoms with Crippen molar-refractivity contribution in [3.05, 3.63) is 75.7 Å². The fraction of sp³-hybridized carbons (Fsp3) is 0.133. The highest BCUT2D eigenvalue weighted by Crippen LogP contribution is 2.14. The molecule has 23 heavy (non-hydrogen) atoms. The van der Waals surface area contributed by atoms with Crippen LogP contribution >= 0.6 is 0 Å². The van der Waals surface area contributed by atoms with Gasteiger partial charge in [-0.3, -0.25) is 9.00 Å². The van der Waals surface area contributed by atoms with Crippen molar-refractivity contribution in [2.45, 2.75) is 12.8 Å². The molecule has 0 saturated heterocycles. The molecule has 1 unspecified atom stereocenters. The molecule has 0 saturated carbocycles. The Morgan fingerprint density at radius 1 is 1.17 bits per heavy atom. The number of hydrogen-bond donors (Lipinski definition) is 1. The number of anilines is 1. The quantitative estimate of drug-likeness (QED) is 0.379. The van der Waals surface area contributed by atoms with Crippen LogP contribution in [-0.4, -0.2) is 14.7 Å². The highest BCUT2D eigenvalue weighted by molar-refractivity contribution is 7.80. The van der Waals surface area contributed by atoms with Crippen molar-refractivity contribution >= 4 is 22.9 Å². The predicted octanol–water partition coefficient (Wildman–Crippen LogP) is 3.13. The third-order valence-corrected chi connectivity index (χ3v) is 3.57. The van der Waals surface area contributed by atoms with Gasteiger partial charge in [-0.2, -0.15) is 0 Å². The van der Waals surface area contributed by atoms with Crippen LogP contribution in [0.25, 0.3) is 10.4 Å². The number of carbonyl (C=O) groups excluding carboxylic acids is 1. The lowest BCUT2D eigenvalue weighted by molar-refractivity contribution is 0.1000. The number of hydrogen-bond acceptors (Lipinski definition) is 3. The van der Waals surface area contributed by atoms with Gasteiger partial charge in [0.15, 0.2) is 0 Å². The number of azide groups is 1. The number of nitrogens with zero attached hydrogens (tertiary/aromatic N) is 3. The van der Waals surface area contributed by atoms with Gasteiger partial charge in [0.1, 0.15) is 0 Å². The summed E-state index contributed by atoms with van der Waals surface area (Å²) in [7, 11) is 0. The molecule has 0 bridgehead atoms. The van der Waals surface area contributed by atoms with Crippen LogP contribution in [0.3, 0.4) is 0 Å². The van der Waals surface area contributed by atoms with Crippen molar-refractivity contribution in [2.75, 3.05) is 4.72 Å². The topological polar surface area (TPSA) is 118 Å². The Balaban J connectivity index is 2.00. The standard InChI is InChI=1S/C15H14N4O3S/c16-19-17-15(20)13-3-1-2-12(10-13)5-4-11-6-8-14(9-7-11)18-23(21)22/h1-3,6-10,18H,4-5H2,(H,21,22)/p-1. The first kappa shape index (κ1) is 16.7. The van der Waals surface area contributed by atoms with Crippen LogP contribution in [0.15, 0.2) is 53.6 Å². The van der Waals surface area contributed by atoms with Crippen LogP contribution < -0.4 is 4.72 Å². The van der Waals surface area contributed by atoms with Gasteiger partial charge in [-0.15, -0.1) is 0 Å². The fourth-order valence-electron chi connectivity index (χ4n) is 2.08. The summed E-state index contributed by atoms with van der Waals surface area (Å²) in [6.45, 7) is 0. The maximum atomic E-state index is 11.5. The molecule has 2 rings (SSSR count). The molecule has 0 radical (unpaired) electrons. The van der Waals surface area contributed by atoms with Crippen molar-refractivity contribution in [3.63, 3.8) is 0 Å². The molecule has 7 nitrogen and oxygen atoms in total. The minimum absolute atomic E-state index is 0.359. The van der Waals surface area contributed by atoms with Crippen molar-refractivity contribution < 1.29 is 13.6 Å². The monoisotopic (exact) mass is 329 g/mol. The number of rotatable bonds is 6. The van der Waals surface area contributed by atoms with Crippen molar-refractivity contribution in [2.24, 2.45) is 5.11 Å². The maximum absolute atomic E-state index is 11.5. The highest BCUT2D eigenvalue weighted by atomic mass is 32.2. The lowest BCUT2D eigenvalue weighted by Crippen LogP contribution is -2.02. The summed E-state index contributed by atoms with van der Waals surface area (Å²) in [5.74, 6) is -0.601. The summed E-state index contributed by atoms with van der Waals surface area (Å²) in [6, 6.07) is 14.0. The average molecular weight is 329 g/mol. The molecule has 2 aromatic rings. The first-order valence-corrected chi connectivity index (χ1v) is 7.79. The van der Waals surface area contributed by atoms with Gasteiger partial charge in [-0.1, -0.05) is 30.3 Å². The molecule has 0 fully saturated rings. The molecule has 0 aliphatic heterocycles. The van der Waals surface area contributed by atoms with E-state index in [2.05, 4.69) is 14.7 Å². The molecule has 1 N–H and O–H groups in total. The minimum Gasteiger partial charge on any atom is -0.755 e. The maximum Gasteiger partial charge on any atom is 0.249 e. The summed E-state index contributed by atoms with van der Waals surface area (Å²) in [4.78, 5) is 14.0. The average Bonchev–Trinajstić information content (AvgIpc) is 2.54. The molecule has 0 aliphatic rings. The fourth-order valence-corrected chi connectivity index (χ4v) is 2.41. The number of carbonyl (C=O) groups is 1. The molecular formula is C15H13N4O3S-. The van der Waals surface area contributed by atoms with Gasteiger partial charge in [0.05, 0.1) is 0 Å². The van der Waals surface area contributed by atoms with E-state index >= 15 is 0 Å².